The lowest BCUT2D eigenvalue weighted by Crippen LogP contribution is -2.33. The summed E-state index contributed by atoms with van der Waals surface area (Å²) < 4.78 is 0. The highest BCUT2D eigenvalue weighted by atomic mass is 16.1. The van der Waals surface area contributed by atoms with Gasteiger partial charge in [0.05, 0.1) is 0 Å². The van der Waals surface area contributed by atoms with Crippen molar-refractivity contribution in [3.05, 3.63) is 11.1 Å². The van der Waals surface area contributed by atoms with Crippen LogP contribution in [0.5, 0.6) is 0 Å². The zero-order valence-corrected chi connectivity index (χ0v) is 11.3. The molecule has 18 heavy (non-hydrogen) atoms. The molecule has 0 aliphatic heterocycles. The summed E-state index contributed by atoms with van der Waals surface area (Å²) in [7, 11) is 0. The number of carbonyl (C=O) groups excluding carboxylic acids is 1. The van der Waals surface area contributed by atoms with E-state index in [0.29, 0.717) is 11.7 Å². The van der Waals surface area contributed by atoms with Gasteiger partial charge in [0.2, 0.25) is 0 Å². The summed E-state index contributed by atoms with van der Waals surface area (Å²) in [5.74, 6) is 4.21. The second-order valence-corrected chi connectivity index (χ2v) is 7.07. The molecule has 1 nitrogen and oxygen atoms in total. The van der Waals surface area contributed by atoms with Crippen molar-refractivity contribution in [1.29, 1.82) is 0 Å². The van der Waals surface area contributed by atoms with E-state index in [0.717, 1.165) is 37.0 Å². The Labute approximate surface area is 110 Å². The molecule has 0 aromatic carbocycles. The Hall–Kier alpha value is -0.590. The fraction of sp³-hybridized carbons (Fsp3) is 0.824. The van der Waals surface area contributed by atoms with Crippen molar-refractivity contribution < 1.29 is 4.79 Å². The second kappa shape index (κ2) is 4.21. The van der Waals surface area contributed by atoms with Gasteiger partial charge in [-0.25, -0.2) is 0 Å². The van der Waals surface area contributed by atoms with Crippen molar-refractivity contribution in [2.75, 3.05) is 0 Å². The molecule has 0 N–H and O–H groups in total. The van der Waals surface area contributed by atoms with Gasteiger partial charge in [0, 0.05) is 12.8 Å². The SMILES string of the molecule is O=C1CCC2=C3CCC4CCCC4C3CCC2C1. The molecular formula is C17H24O. The predicted octanol–water partition coefficient (Wildman–Crippen LogP) is 4.27. The van der Waals surface area contributed by atoms with E-state index in [1.165, 1.54) is 44.9 Å². The summed E-state index contributed by atoms with van der Waals surface area (Å²) in [5.41, 5.74) is 3.61. The number of carbonyl (C=O) groups is 1. The molecule has 0 spiro atoms. The van der Waals surface area contributed by atoms with Gasteiger partial charge in [-0.1, -0.05) is 24.0 Å². The minimum Gasteiger partial charge on any atom is -0.300 e. The molecule has 0 radical (unpaired) electrons. The van der Waals surface area contributed by atoms with Crippen molar-refractivity contribution in [2.24, 2.45) is 23.7 Å². The quantitative estimate of drug-likeness (QED) is 0.581. The van der Waals surface area contributed by atoms with Crippen LogP contribution in [0, 0.1) is 23.7 Å². The third kappa shape index (κ3) is 1.62. The number of hydrogen-bond acceptors (Lipinski definition) is 1. The maximum absolute atomic E-state index is 11.6. The summed E-state index contributed by atoms with van der Waals surface area (Å²) in [6.07, 6.45) is 12.9. The van der Waals surface area contributed by atoms with Crippen LogP contribution in [-0.4, -0.2) is 5.78 Å². The number of fused-ring (bicyclic) bond motifs is 4. The van der Waals surface area contributed by atoms with Crippen LogP contribution in [0.3, 0.4) is 0 Å². The molecule has 0 aromatic rings. The summed E-state index contributed by atoms with van der Waals surface area (Å²) in [4.78, 5) is 11.6. The topological polar surface area (TPSA) is 17.1 Å². The third-order valence-corrected chi connectivity index (χ3v) is 6.35. The van der Waals surface area contributed by atoms with Gasteiger partial charge in [-0.3, -0.25) is 4.79 Å². The average Bonchev–Trinajstić information content (AvgIpc) is 2.86. The molecular weight excluding hydrogens is 220 g/mol. The number of Topliss-reactive ketones (excluding diaryl/α,β-unsaturated/α-hetero) is 1. The van der Waals surface area contributed by atoms with Crippen LogP contribution < -0.4 is 0 Å². The van der Waals surface area contributed by atoms with Gasteiger partial charge in [0.25, 0.3) is 0 Å². The Kier molecular flexibility index (Phi) is 2.63. The molecule has 0 heterocycles. The normalized spacial score (nSPS) is 43.4. The molecule has 4 aliphatic rings. The molecule has 1 heteroatoms. The van der Waals surface area contributed by atoms with Crippen molar-refractivity contribution in [3.8, 4) is 0 Å². The van der Waals surface area contributed by atoms with E-state index < -0.39 is 0 Å². The summed E-state index contributed by atoms with van der Waals surface area (Å²) in [6, 6.07) is 0. The third-order valence-electron chi connectivity index (χ3n) is 6.35. The molecule has 4 aliphatic carbocycles. The molecule has 4 atom stereocenters. The minimum absolute atomic E-state index is 0.525. The standard InChI is InChI=1S/C17H24O/c18-13-6-9-15-12(10-13)5-8-16-14-3-1-2-11(14)4-7-17(15)16/h11-12,14,16H,1-10H2. The Morgan fingerprint density at radius 1 is 0.833 bits per heavy atom. The van der Waals surface area contributed by atoms with Gasteiger partial charge in [-0.15, -0.1) is 0 Å². The van der Waals surface area contributed by atoms with Gasteiger partial charge in [-0.05, 0) is 62.2 Å². The first-order chi connectivity index (χ1) is 8.83. The lowest BCUT2D eigenvalue weighted by molar-refractivity contribution is -0.120. The van der Waals surface area contributed by atoms with Crippen molar-refractivity contribution in [2.45, 2.75) is 64.2 Å². The first kappa shape index (κ1) is 11.3. The zero-order chi connectivity index (χ0) is 12.1. The first-order valence-electron chi connectivity index (χ1n) is 8.06. The maximum atomic E-state index is 11.6. The first-order valence-corrected chi connectivity index (χ1v) is 8.06. The summed E-state index contributed by atoms with van der Waals surface area (Å²) >= 11 is 0. The van der Waals surface area contributed by atoms with E-state index in [9.17, 15) is 4.79 Å². The molecule has 4 rings (SSSR count). The lowest BCUT2D eigenvalue weighted by atomic mass is 9.61. The van der Waals surface area contributed by atoms with Gasteiger partial charge >= 0.3 is 0 Å². The van der Waals surface area contributed by atoms with Crippen LogP contribution in [-0.2, 0) is 4.79 Å². The number of rotatable bonds is 0. The highest BCUT2D eigenvalue weighted by molar-refractivity contribution is 5.80. The van der Waals surface area contributed by atoms with Crippen LogP contribution in [0.25, 0.3) is 0 Å². The van der Waals surface area contributed by atoms with Crippen LogP contribution in [0.2, 0.25) is 0 Å². The Morgan fingerprint density at radius 2 is 1.78 bits per heavy atom. The van der Waals surface area contributed by atoms with E-state index in [1.54, 1.807) is 5.57 Å². The largest absolute Gasteiger partial charge is 0.300 e. The van der Waals surface area contributed by atoms with Gasteiger partial charge < -0.3 is 0 Å². The minimum atomic E-state index is 0.525. The average molecular weight is 244 g/mol. The van der Waals surface area contributed by atoms with E-state index in [4.69, 9.17) is 0 Å². The fourth-order valence-electron chi connectivity index (χ4n) is 5.58. The number of allylic oxidation sites excluding steroid dienone is 2. The van der Waals surface area contributed by atoms with Crippen LogP contribution in [0.1, 0.15) is 64.2 Å². The van der Waals surface area contributed by atoms with Crippen LogP contribution in [0.4, 0.5) is 0 Å². The highest BCUT2D eigenvalue weighted by Gasteiger charge is 2.43. The molecule has 3 saturated carbocycles. The number of hydrogen-bond donors (Lipinski definition) is 0. The molecule has 0 amide bonds. The van der Waals surface area contributed by atoms with Crippen molar-refractivity contribution >= 4 is 5.78 Å². The van der Waals surface area contributed by atoms with Crippen molar-refractivity contribution in [3.63, 3.8) is 0 Å². The molecule has 3 fully saturated rings. The van der Waals surface area contributed by atoms with Crippen LogP contribution in [0.15, 0.2) is 11.1 Å². The highest BCUT2D eigenvalue weighted by Crippen LogP contribution is 2.54. The van der Waals surface area contributed by atoms with Gasteiger partial charge in [0.15, 0.2) is 0 Å². The van der Waals surface area contributed by atoms with Crippen LogP contribution >= 0.6 is 0 Å². The molecule has 0 aromatic heterocycles. The second-order valence-electron chi connectivity index (χ2n) is 7.07. The fourth-order valence-corrected chi connectivity index (χ4v) is 5.58. The van der Waals surface area contributed by atoms with E-state index >= 15 is 0 Å². The molecule has 98 valence electrons. The molecule has 0 bridgehead atoms. The van der Waals surface area contributed by atoms with E-state index in [1.807, 2.05) is 5.57 Å². The van der Waals surface area contributed by atoms with Crippen molar-refractivity contribution in [1.82, 2.24) is 0 Å². The zero-order valence-electron chi connectivity index (χ0n) is 11.3. The molecule has 4 unspecified atom stereocenters. The summed E-state index contributed by atoms with van der Waals surface area (Å²) in [5, 5.41) is 0. The van der Waals surface area contributed by atoms with Gasteiger partial charge in [-0.2, -0.15) is 0 Å². The van der Waals surface area contributed by atoms with Gasteiger partial charge in [0.1, 0.15) is 5.78 Å². The number of ketones is 1. The lowest BCUT2D eigenvalue weighted by Gasteiger charge is -2.44. The Morgan fingerprint density at radius 3 is 2.72 bits per heavy atom. The van der Waals surface area contributed by atoms with E-state index in [-0.39, 0.29) is 0 Å². The molecule has 0 saturated heterocycles. The smallest absolute Gasteiger partial charge is 0.133 e. The Bertz CT molecular complexity index is 406. The Balaban J connectivity index is 1.67. The van der Waals surface area contributed by atoms with E-state index in [2.05, 4.69) is 0 Å². The summed E-state index contributed by atoms with van der Waals surface area (Å²) in [6.45, 7) is 0. The predicted molar refractivity (Wildman–Crippen MR) is 72.2 cm³/mol. The maximum Gasteiger partial charge on any atom is 0.133 e. The monoisotopic (exact) mass is 244 g/mol.